The molecule has 8 N–H and O–H groups in total. The van der Waals surface area contributed by atoms with Crippen molar-refractivity contribution in [2.75, 3.05) is 13.1 Å². The van der Waals surface area contributed by atoms with Crippen molar-refractivity contribution in [3.63, 3.8) is 0 Å². The maximum Gasteiger partial charge on any atom is 0.00793 e. The van der Waals surface area contributed by atoms with E-state index in [1.165, 1.54) is 138 Å². The van der Waals surface area contributed by atoms with Crippen molar-refractivity contribution in [3.8, 4) is 11.1 Å². The largest absolute Gasteiger partial charge is 0.330 e. The molecule has 0 aliphatic rings. The molecule has 0 bridgehead atoms. The number of hydrogen-bond acceptors (Lipinski definition) is 4. The van der Waals surface area contributed by atoms with Gasteiger partial charge in [0, 0.05) is 12.1 Å². The van der Waals surface area contributed by atoms with Crippen LogP contribution in [0.1, 0.15) is 140 Å². The van der Waals surface area contributed by atoms with E-state index >= 15 is 0 Å². The van der Waals surface area contributed by atoms with E-state index < -0.39 is 0 Å². The van der Waals surface area contributed by atoms with E-state index in [0.717, 1.165) is 38.8 Å². The van der Waals surface area contributed by atoms with Gasteiger partial charge >= 0.3 is 0 Å². The minimum absolute atomic E-state index is 0.217. The van der Waals surface area contributed by atoms with Crippen LogP contribution in [0, 0.1) is 0 Å². The van der Waals surface area contributed by atoms with Crippen LogP contribution < -0.4 is 22.9 Å². The van der Waals surface area contributed by atoms with Gasteiger partial charge in [0.05, 0.1) is 0 Å². The Morgan fingerprint density at radius 3 is 1.14 bits per heavy atom. The highest BCUT2D eigenvalue weighted by Crippen LogP contribution is 2.25. The molecule has 2 aromatic rings. The molecule has 4 nitrogen and oxygen atoms in total. The summed E-state index contributed by atoms with van der Waals surface area (Å²) in [6.45, 7) is 1.67. The number of nitrogens with two attached hydrogens (primary N) is 4. The van der Waals surface area contributed by atoms with Crippen molar-refractivity contribution >= 4 is 0 Å². The third kappa shape index (κ3) is 18.1. The van der Waals surface area contributed by atoms with Crippen LogP contribution in [0.4, 0.5) is 0 Å². The van der Waals surface area contributed by atoms with Crippen molar-refractivity contribution < 1.29 is 0 Å². The predicted molar refractivity (Wildman–Crippen MR) is 186 cm³/mol. The van der Waals surface area contributed by atoms with Crippen molar-refractivity contribution in [2.45, 2.75) is 153 Å². The Morgan fingerprint density at radius 1 is 0.405 bits per heavy atom. The highest BCUT2D eigenvalue weighted by molar-refractivity contribution is 5.65. The van der Waals surface area contributed by atoms with Crippen molar-refractivity contribution in [1.29, 1.82) is 0 Å². The van der Waals surface area contributed by atoms with Crippen LogP contribution in [0.25, 0.3) is 11.1 Å². The van der Waals surface area contributed by atoms with E-state index in [1.807, 2.05) is 0 Å². The van der Waals surface area contributed by atoms with Crippen LogP contribution in [0.2, 0.25) is 0 Å². The van der Waals surface area contributed by atoms with Gasteiger partial charge in [-0.1, -0.05) is 151 Å². The summed E-state index contributed by atoms with van der Waals surface area (Å²) < 4.78 is 0. The van der Waals surface area contributed by atoms with E-state index in [9.17, 15) is 0 Å². The zero-order valence-electron chi connectivity index (χ0n) is 27.1. The molecule has 0 aliphatic heterocycles. The van der Waals surface area contributed by atoms with Gasteiger partial charge in [0.25, 0.3) is 0 Å². The number of hydrogen-bond donors (Lipinski definition) is 4. The second-order valence-corrected chi connectivity index (χ2v) is 12.9. The molecule has 2 atom stereocenters. The average molecular weight is 579 g/mol. The lowest BCUT2D eigenvalue weighted by molar-refractivity contribution is 0.519. The van der Waals surface area contributed by atoms with Crippen LogP contribution in [-0.4, -0.2) is 25.2 Å². The molecule has 0 spiro atoms. The van der Waals surface area contributed by atoms with Gasteiger partial charge in [-0.2, -0.15) is 0 Å². The molecule has 0 amide bonds. The normalized spacial score (nSPS) is 13.0. The molecule has 0 aromatic heterocycles. The van der Waals surface area contributed by atoms with E-state index in [1.54, 1.807) is 0 Å². The lowest BCUT2D eigenvalue weighted by Gasteiger charge is -2.17. The molecule has 0 aliphatic carbocycles. The molecule has 238 valence electrons. The summed E-state index contributed by atoms with van der Waals surface area (Å²) in [5.74, 6) is 0. The van der Waals surface area contributed by atoms with E-state index in [0.29, 0.717) is 0 Å². The molecule has 0 saturated heterocycles. The smallest absolute Gasteiger partial charge is 0.00793 e. The second-order valence-electron chi connectivity index (χ2n) is 12.9. The first kappa shape index (κ1) is 36.5. The zero-order chi connectivity index (χ0) is 30.1. The molecule has 2 aromatic carbocycles. The van der Waals surface area contributed by atoms with E-state index in [4.69, 9.17) is 22.9 Å². The van der Waals surface area contributed by atoms with Gasteiger partial charge < -0.3 is 22.9 Å². The van der Waals surface area contributed by atoms with Crippen molar-refractivity contribution in [1.82, 2.24) is 0 Å². The Morgan fingerprint density at radius 2 is 0.762 bits per heavy atom. The molecule has 0 radical (unpaired) electrons. The number of unbranched alkanes of at least 4 members (excludes halogenated alkanes) is 16. The summed E-state index contributed by atoms with van der Waals surface area (Å²) in [4.78, 5) is 0. The van der Waals surface area contributed by atoms with Crippen LogP contribution in [0.15, 0.2) is 48.5 Å². The Labute approximate surface area is 259 Å². The molecule has 0 heterocycles. The first-order chi connectivity index (χ1) is 20.6. The van der Waals surface area contributed by atoms with Gasteiger partial charge in [-0.25, -0.2) is 0 Å². The van der Waals surface area contributed by atoms with Gasteiger partial charge in [0.1, 0.15) is 0 Å². The quantitative estimate of drug-likeness (QED) is 0.0795. The van der Waals surface area contributed by atoms with Gasteiger partial charge in [-0.15, -0.1) is 0 Å². The molecule has 0 fully saturated rings. The third-order valence-electron chi connectivity index (χ3n) is 8.71. The minimum atomic E-state index is 0.217. The molecule has 4 heteroatoms. The first-order valence-electron chi connectivity index (χ1n) is 17.7. The van der Waals surface area contributed by atoms with Gasteiger partial charge in [0.2, 0.25) is 0 Å². The standard InChI is InChI=1S/C38H66N4/c39-26-20-13-9-5-1-3-7-11-18-24-37(41)31-33-28-34(30-36(29-33)35-22-16-15-17-23-35)32-38(42)25-19-12-8-4-2-6-10-14-21-27-40/h15-17,22-23,28-30,37-38H,1-14,18-21,24-27,31-32,39-42H2. The third-order valence-corrected chi connectivity index (χ3v) is 8.71. The lowest BCUT2D eigenvalue weighted by Crippen LogP contribution is -2.24. The lowest BCUT2D eigenvalue weighted by atomic mass is 9.92. The fourth-order valence-corrected chi connectivity index (χ4v) is 6.18. The molecule has 42 heavy (non-hydrogen) atoms. The summed E-state index contributed by atoms with van der Waals surface area (Å²) >= 11 is 0. The number of benzene rings is 2. The topological polar surface area (TPSA) is 104 Å². The van der Waals surface area contributed by atoms with Crippen LogP contribution >= 0.6 is 0 Å². The maximum atomic E-state index is 6.66. The van der Waals surface area contributed by atoms with Crippen LogP contribution in [0.3, 0.4) is 0 Å². The molecular formula is C38H66N4. The SMILES string of the molecule is NCCCCCCCCCCCC(N)Cc1cc(CC(N)CCCCCCCCCCCN)cc(-c2ccccc2)c1. The summed E-state index contributed by atoms with van der Waals surface area (Å²) in [5.41, 5.74) is 29.8. The highest BCUT2D eigenvalue weighted by atomic mass is 14.6. The minimum Gasteiger partial charge on any atom is -0.330 e. The first-order valence-corrected chi connectivity index (χ1v) is 17.7. The Hall–Kier alpha value is -1.72. The fraction of sp³-hybridized carbons (Fsp3) is 0.684. The zero-order valence-corrected chi connectivity index (χ0v) is 27.1. The van der Waals surface area contributed by atoms with Crippen LogP contribution in [-0.2, 0) is 12.8 Å². The predicted octanol–water partition coefficient (Wildman–Crippen LogP) is 8.81. The summed E-state index contributed by atoms with van der Waals surface area (Å²) in [6.07, 6.45) is 27.6. The number of rotatable bonds is 27. The monoisotopic (exact) mass is 579 g/mol. The Kier molecular flexibility index (Phi) is 21.4. The average Bonchev–Trinajstić information content (AvgIpc) is 2.99. The Bertz CT molecular complexity index is 834. The maximum absolute atomic E-state index is 6.66. The summed E-state index contributed by atoms with van der Waals surface area (Å²) in [6, 6.07) is 18.3. The van der Waals surface area contributed by atoms with Crippen molar-refractivity contribution in [2.24, 2.45) is 22.9 Å². The Balaban J connectivity index is 1.75. The summed E-state index contributed by atoms with van der Waals surface area (Å²) in [5, 5.41) is 0. The molecule has 0 saturated carbocycles. The molecule has 2 rings (SSSR count). The fourth-order valence-electron chi connectivity index (χ4n) is 6.18. The van der Waals surface area contributed by atoms with Crippen molar-refractivity contribution in [3.05, 3.63) is 59.7 Å². The second kappa shape index (κ2) is 24.7. The van der Waals surface area contributed by atoms with E-state index in [-0.39, 0.29) is 12.1 Å². The van der Waals surface area contributed by atoms with E-state index in [2.05, 4.69) is 48.5 Å². The highest BCUT2D eigenvalue weighted by Gasteiger charge is 2.11. The van der Waals surface area contributed by atoms with Gasteiger partial charge in [-0.3, -0.25) is 0 Å². The summed E-state index contributed by atoms with van der Waals surface area (Å²) in [7, 11) is 0. The molecule has 2 unspecified atom stereocenters. The molecular weight excluding hydrogens is 512 g/mol. The van der Waals surface area contributed by atoms with Gasteiger partial charge in [-0.05, 0) is 73.9 Å². The van der Waals surface area contributed by atoms with Crippen LogP contribution in [0.5, 0.6) is 0 Å². The van der Waals surface area contributed by atoms with Gasteiger partial charge in [0.15, 0.2) is 0 Å².